The molecule has 1 aliphatic heterocycles. The highest BCUT2D eigenvalue weighted by Crippen LogP contribution is 2.42. The van der Waals surface area contributed by atoms with Crippen LogP contribution < -0.4 is 5.32 Å². The van der Waals surface area contributed by atoms with Crippen LogP contribution in [-0.2, 0) is 11.3 Å². The summed E-state index contributed by atoms with van der Waals surface area (Å²) in [6, 6.07) is 20.3. The Balaban J connectivity index is 1.32. The monoisotopic (exact) mass is 378 g/mol. The fourth-order valence-corrected chi connectivity index (χ4v) is 5.10. The van der Waals surface area contributed by atoms with Crippen LogP contribution in [0, 0.1) is 17.8 Å². The quantitative estimate of drug-likeness (QED) is 0.779. The number of rotatable bonds is 7. The maximum Gasteiger partial charge on any atom is 0.229 e. The first kappa shape index (κ1) is 19.2. The first-order valence-electron chi connectivity index (χ1n) is 10.4. The topological polar surface area (TPSA) is 52.6 Å². The lowest BCUT2D eigenvalue weighted by atomic mass is 9.84. The third-order valence-electron chi connectivity index (χ3n) is 6.57. The SMILES string of the molecule is O=C(NCC1C2CCC1CN(Cc1ccccc1)C2)C(CO)c1ccccc1. The number of hydrogen-bond acceptors (Lipinski definition) is 3. The number of carbonyl (C=O) groups excluding carboxylic acids is 1. The number of likely N-dealkylation sites (tertiary alicyclic amines) is 1. The Hall–Kier alpha value is -2.17. The first-order chi connectivity index (χ1) is 13.7. The van der Waals surface area contributed by atoms with E-state index in [2.05, 4.69) is 40.5 Å². The van der Waals surface area contributed by atoms with Crippen molar-refractivity contribution in [3.63, 3.8) is 0 Å². The summed E-state index contributed by atoms with van der Waals surface area (Å²) in [5, 5.41) is 12.9. The zero-order chi connectivity index (χ0) is 19.3. The maximum atomic E-state index is 12.7. The van der Waals surface area contributed by atoms with Gasteiger partial charge in [-0.2, -0.15) is 0 Å². The molecule has 4 heteroatoms. The third kappa shape index (κ3) is 4.29. The Bertz CT molecular complexity index is 751. The fourth-order valence-electron chi connectivity index (χ4n) is 5.10. The predicted octanol–water partition coefficient (Wildman–Crippen LogP) is 3.04. The minimum absolute atomic E-state index is 0.0557. The molecule has 148 valence electrons. The summed E-state index contributed by atoms with van der Waals surface area (Å²) in [7, 11) is 0. The van der Waals surface area contributed by atoms with Crippen molar-refractivity contribution in [2.24, 2.45) is 17.8 Å². The minimum atomic E-state index is -0.475. The highest BCUT2D eigenvalue weighted by molar-refractivity contribution is 5.83. The van der Waals surface area contributed by atoms with E-state index in [0.29, 0.717) is 17.8 Å². The number of hydrogen-bond donors (Lipinski definition) is 2. The van der Waals surface area contributed by atoms with Gasteiger partial charge >= 0.3 is 0 Å². The van der Waals surface area contributed by atoms with Gasteiger partial charge in [0.25, 0.3) is 0 Å². The van der Waals surface area contributed by atoms with E-state index < -0.39 is 5.92 Å². The molecule has 3 atom stereocenters. The largest absolute Gasteiger partial charge is 0.395 e. The van der Waals surface area contributed by atoms with E-state index in [1.165, 1.54) is 18.4 Å². The Morgan fingerprint density at radius 3 is 2.21 bits per heavy atom. The van der Waals surface area contributed by atoms with E-state index in [1.54, 1.807) is 0 Å². The lowest BCUT2D eigenvalue weighted by molar-refractivity contribution is -0.123. The highest BCUT2D eigenvalue weighted by Gasteiger charge is 2.41. The first-order valence-corrected chi connectivity index (χ1v) is 10.4. The van der Waals surface area contributed by atoms with Crippen LogP contribution in [0.2, 0.25) is 0 Å². The summed E-state index contributed by atoms with van der Waals surface area (Å²) in [6.45, 7) is 3.84. The van der Waals surface area contributed by atoms with Crippen LogP contribution in [-0.4, -0.2) is 42.2 Å². The lowest BCUT2D eigenvalue weighted by Crippen LogP contribution is -2.46. The van der Waals surface area contributed by atoms with Crippen LogP contribution in [0.4, 0.5) is 0 Å². The number of aliphatic hydroxyl groups is 1. The van der Waals surface area contributed by atoms with Gasteiger partial charge in [0.1, 0.15) is 0 Å². The zero-order valence-corrected chi connectivity index (χ0v) is 16.3. The number of nitrogens with zero attached hydrogens (tertiary/aromatic N) is 1. The van der Waals surface area contributed by atoms with E-state index in [-0.39, 0.29) is 12.5 Å². The van der Waals surface area contributed by atoms with Gasteiger partial charge in [0.2, 0.25) is 5.91 Å². The number of fused-ring (bicyclic) bond motifs is 2. The zero-order valence-electron chi connectivity index (χ0n) is 16.3. The number of benzene rings is 2. The molecule has 1 heterocycles. The third-order valence-corrected chi connectivity index (χ3v) is 6.57. The van der Waals surface area contributed by atoms with Gasteiger partial charge in [-0.3, -0.25) is 9.69 Å². The van der Waals surface area contributed by atoms with Gasteiger partial charge < -0.3 is 10.4 Å². The standard InChI is InChI=1S/C24H30N2O2/c27-17-23(19-9-5-2-6-10-19)24(28)25-13-22-20-11-12-21(22)16-26(15-20)14-18-7-3-1-4-8-18/h1-10,20-23,27H,11-17H2,(H,25,28). The van der Waals surface area contributed by atoms with Crippen molar-refractivity contribution < 1.29 is 9.90 Å². The van der Waals surface area contributed by atoms with Crippen molar-refractivity contribution in [1.29, 1.82) is 0 Å². The molecule has 2 fully saturated rings. The average Bonchev–Trinajstić information content (AvgIpc) is 2.97. The molecule has 0 spiro atoms. The fraction of sp³-hybridized carbons (Fsp3) is 0.458. The normalized spacial score (nSPS) is 25.4. The molecule has 0 radical (unpaired) electrons. The van der Waals surface area contributed by atoms with Gasteiger partial charge in [0.15, 0.2) is 0 Å². The molecule has 0 aromatic heterocycles. The molecule has 3 unspecified atom stereocenters. The lowest BCUT2D eigenvalue weighted by Gasteiger charge is -2.38. The Morgan fingerprint density at radius 1 is 1.00 bits per heavy atom. The number of piperidine rings is 1. The summed E-state index contributed by atoms with van der Waals surface area (Å²) in [5.74, 6) is 1.35. The second-order valence-corrected chi connectivity index (χ2v) is 8.33. The summed E-state index contributed by atoms with van der Waals surface area (Å²) in [5.41, 5.74) is 2.26. The molecule has 28 heavy (non-hydrogen) atoms. The van der Waals surface area contributed by atoms with E-state index in [1.807, 2.05) is 30.3 Å². The van der Waals surface area contributed by atoms with Crippen LogP contribution in [0.1, 0.15) is 29.9 Å². The van der Waals surface area contributed by atoms with Crippen LogP contribution in [0.25, 0.3) is 0 Å². The molecular formula is C24H30N2O2. The van der Waals surface area contributed by atoms with Crippen molar-refractivity contribution in [2.75, 3.05) is 26.2 Å². The summed E-state index contributed by atoms with van der Waals surface area (Å²) < 4.78 is 0. The molecule has 4 rings (SSSR count). The number of nitrogens with one attached hydrogen (secondary N) is 1. The van der Waals surface area contributed by atoms with Gasteiger partial charge in [-0.1, -0.05) is 60.7 Å². The van der Waals surface area contributed by atoms with E-state index >= 15 is 0 Å². The van der Waals surface area contributed by atoms with Crippen molar-refractivity contribution in [3.8, 4) is 0 Å². The molecule has 2 N–H and O–H groups in total. The number of aliphatic hydroxyl groups excluding tert-OH is 1. The Labute approximate surface area is 167 Å². The van der Waals surface area contributed by atoms with Crippen LogP contribution in [0.3, 0.4) is 0 Å². The molecular weight excluding hydrogens is 348 g/mol. The van der Waals surface area contributed by atoms with Crippen molar-refractivity contribution in [2.45, 2.75) is 25.3 Å². The molecule has 1 aliphatic carbocycles. The highest BCUT2D eigenvalue weighted by atomic mass is 16.3. The van der Waals surface area contributed by atoms with E-state index in [9.17, 15) is 9.90 Å². The Morgan fingerprint density at radius 2 is 1.61 bits per heavy atom. The molecule has 1 amide bonds. The summed E-state index contributed by atoms with van der Waals surface area (Å²) in [4.78, 5) is 15.3. The summed E-state index contributed by atoms with van der Waals surface area (Å²) in [6.07, 6.45) is 2.53. The van der Waals surface area contributed by atoms with Gasteiger partial charge in [-0.15, -0.1) is 0 Å². The van der Waals surface area contributed by atoms with E-state index in [0.717, 1.165) is 31.7 Å². The molecule has 2 aliphatic rings. The van der Waals surface area contributed by atoms with E-state index in [4.69, 9.17) is 0 Å². The molecule has 2 aromatic rings. The average molecular weight is 379 g/mol. The van der Waals surface area contributed by atoms with Crippen LogP contribution in [0.5, 0.6) is 0 Å². The predicted molar refractivity (Wildman–Crippen MR) is 111 cm³/mol. The molecule has 1 saturated heterocycles. The molecule has 4 nitrogen and oxygen atoms in total. The van der Waals surface area contributed by atoms with Crippen LogP contribution in [0.15, 0.2) is 60.7 Å². The van der Waals surface area contributed by atoms with Gasteiger partial charge in [-0.25, -0.2) is 0 Å². The maximum absolute atomic E-state index is 12.7. The van der Waals surface area contributed by atoms with Crippen molar-refractivity contribution >= 4 is 5.91 Å². The van der Waals surface area contributed by atoms with Gasteiger partial charge in [-0.05, 0) is 41.7 Å². The molecule has 2 bridgehead atoms. The second kappa shape index (κ2) is 8.89. The number of carbonyl (C=O) groups is 1. The minimum Gasteiger partial charge on any atom is -0.395 e. The smallest absolute Gasteiger partial charge is 0.229 e. The Kier molecular flexibility index (Phi) is 6.08. The number of amides is 1. The van der Waals surface area contributed by atoms with Crippen LogP contribution >= 0.6 is 0 Å². The molecule has 2 aromatic carbocycles. The second-order valence-electron chi connectivity index (χ2n) is 8.33. The van der Waals surface area contributed by atoms with Crippen molar-refractivity contribution in [3.05, 3.63) is 71.8 Å². The van der Waals surface area contributed by atoms with Crippen molar-refractivity contribution in [1.82, 2.24) is 10.2 Å². The molecule has 1 saturated carbocycles. The van der Waals surface area contributed by atoms with Gasteiger partial charge in [0, 0.05) is 26.2 Å². The summed E-state index contributed by atoms with van der Waals surface area (Å²) >= 11 is 0. The van der Waals surface area contributed by atoms with Gasteiger partial charge in [0.05, 0.1) is 12.5 Å².